The topological polar surface area (TPSA) is 105 Å². The number of likely N-dealkylation sites (N-methyl/N-ethyl adjacent to an activating group) is 1. The minimum absolute atomic E-state index is 0.0632. The van der Waals surface area contributed by atoms with Crippen LogP contribution in [0.2, 0.25) is 0 Å². The van der Waals surface area contributed by atoms with Gasteiger partial charge in [0.15, 0.2) is 0 Å². The van der Waals surface area contributed by atoms with Gasteiger partial charge in [0.1, 0.15) is 13.2 Å². The Labute approximate surface area is 430 Å². The molecular weight excluding hydrogens is 876 g/mol. The molecule has 0 aromatic heterocycles. The summed E-state index contributed by atoms with van der Waals surface area (Å²) >= 11 is 0. The monoisotopic (exact) mass is 996 g/mol. The number of phosphoric acid groups is 1. The lowest BCUT2D eigenvalue weighted by atomic mass is 10.0. The van der Waals surface area contributed by atoms with Crippen molar-refractivity contribution in [2.24, 2.45) is 0 Å². The molecule has 0 aromatic rings. The molecule has 0 spiro atoms. The van der Waals surface area contributed by atoms with E-state index in [-0.39, 0.29) is 19.1 Å². The van der Waals surface area contributed by atoms with Gasteiger partial charge < -0.3 is 19.8 Å². The number of hydrogen-bond donors (Lipinski definition) is 3. The normalized spacial score (nSPS) is 14.0. The number of aliphatic hydroxyl groups excluding tert-OH is 1. The fourth-order valence-electron chi connectivity index (χ4n) is 9.16. The van der Waals surface area contributed by atoms with Crippen LogP contribution in [0.15, 0.2) is 24.3 Å². The Kier molecular flexibility index (Phi) is 51.1. The number of carbonyl (C=O) groups is 1. The molecule has 8 nitrogen and oxygen atoms in total. The van der Waals surface area contributed by atoms with Crippen LogP contribution in [-0.4, -0.2) is 73.4 Å². The molecule has 0 aliphatic heterocycles. The first-order valence-corrected chi connectivity index (χ1v) is 31.7. The van der Waals surface area contributed by atoms with Gasteiger partial charge in [0.25, 0.3) is 0 Å². The van der Waals surface area contributed by atoms with E-state index in [1.807, 2.05) is 27.2 Å². The molecule has 0 aliphatic rings. The van der Waals surface area contributed by atoms with Crippen LogP contribution < -0.4 is 5.32 Å². The lowest BCUT2D eigenvalue weighted by Crippen LogP contribution is -2.45. The van der Waals surface area contributed by atoms with E-state index in [1.165, 1.54) is 238 Å². The molecule has 1 amide bonds. The van der Waals surface area contributed by atoms with E-state index < -0.39 is 20.0 Å². The third-order valence-corrected chi connectivity index (χ3v) is 14.9. The summed E-state index contributed by atoms with van der Waals surface area (Å²) in [4.78, 5) is 23.1. The number of hydrogen-bond acceptors (Lipinski definition) is 5. The fourth-order valence-corrected chi connectivity index (χ4v) is 9.89. The van der Waals surface area contributed by atoms with Crippen molar-refractivity contribution in [2.45, 2.75) is 315 Å². The number of phosphoric ester groups is 1. The molecule has 9 heteroatoms. The van der Waals surface area contributed by atoms with Crippen molar-refractivity contribution in [3.63, 3.8) is 0 Å². The first kappa shape index (κ1) is 68.0. The lowest BCUT2D eigenvalue weighted by molar-refractivity contribution is -0.870. The van der Waals surface area contributed by atoms with Gasteiger partial charge in [-0.15, -0.1) is 0 Å². The average Bonchev–Trinajstić information content (AvgIpc) is 3.31. The number of amides is 1. The second kappa shape index (κ2) is 51.9. The lowest BCUT2D eigenvalue weighted by Gasteiger charge is -2.25. The Bertz CT molecular complexity index is 1170. The second-order valence-corrected chi connectivity index (χ2v) is 23.5. The van der Waals surface area contributed by atoms with Crippen LogP contribution in [0.5, 0.6) is 0 Å². The Balaban J connectivity index is 3.64. The van der Waals surface area contributed by atoms with Gasteiger partial charge in [0.05, 0.1) is 39.9 Å². The van der Waals surface area contributed by atoms with Crippen LogP contribution in [0.4, 0.5) is 0 Å². The summed E-state index contributed by atoms with van der Waals surface area (Å²) < 4.78 is 23.5. The quantitative estimate of drug-likeness (QED) is 0.0243. The molecule has 410 valence electrons. The van der Waals surface area contributed by atoms with E-state index in [0.29, 0.717) is 17.4 Å². The standard InChI is InChI=1S/C60H119N2O6P/c1-6-8-10-12-14-15-16-17-18-19-20-21-22-23-24-25-26-27-28-29-30-31-32-33-34-35-36-37-38-39-40-41-42-43-44-45-46-47-48-50-52-54-60(64)61-58(59(63)53-51-49-13-11-9-7-2)57-68-69(65,66)67-56-55-62(3,4)5/h19-20,51,53,58-59,63H,6-18,21-50,52,54-57H2,1-5H3,(H-,61,64,65,66)/p+1/b20-19-,53-51+. The van der Waals surface area contributed by atoms with Gasteiger partial charge in [-0.3, -0.25) is 13.8 Å². The summed E-state index contributed by atoms with van der Waals surface area (Å²) in [6.45, 7) is 4.76. The number of nitrogens with one attached hydrogen (secondary N) is 1. The summed E-state index contributed by atoms with van der Waals surface area (Å²) in [6.07, 6.45) is 66.6. The summed E-state index contributed by atoms with van der Waals surface area (Å²) in [5.41, 5.74) is 0. The molecule has 0 aliphatic carbocycles. The first-order chi connectivity index (χ1) is 33.5. The number of quaternary nitrogens is 1. The minimum Gasteiger partial charge on any atom is -0.387 e. The van der Waals surface area contributed by atoms with E-state index in [9.17, 15) is 19.4 Å². The molecule has 3 N–H and O–H groups in total. The van der Waals surface area contributed by atoms with Crippen molar-refractivity contribution in [1.29, 1.82) is 0 Å². The number of nitrogens with zero attached hydrogens (tertiary/aromatic N) is 1. The maximum Gasteiger partial charge on any atom is 0.472 e. The van der Waals surface area contributed by atoms with E-state index in [2.05, 4.69) is 31.3 Å². The molecular formula is C60H120N2O6P+. The predicted octanol–water partition coefficient (Wildman–Crippen LogP) is 18.4. The summed E-state index contributed by atoms with van der Waals surface area (Å²) in [6, 6.07) is -0.839. The van der Waals surface area contributed by atoms with Gasteiger partial charge in [-0.25, -0.2) is 4.57 Å². The van der Waals surface area contributed by atoms with Crippen LogP contribution in [0, 0.1) is 0 Å². The van der Waals surface area contributed by atoms with Crippen molar-refractivity contribution in [1.82, 2.24) is 5.32 Å². The van der Waals surface area contributed by atoms with Gasteiger partial charge in [-0.1, -0.05) is 276 Å². The molecule has 0 rings (SSSR count). The van der Waals surface area contributed by atoms with Crippen LogP contribution in [-0.2, 0) is 18.4 Å². The van der Waals surface area contributed by atoms with Crippen LogP contribution in [0.1, 0.15) is 303 Å². The third kappa shape index (κ3) is 54.6. The molecule has 0 aromatic carbocycles. The first-order valence-electron chi connectivity index (χ1n) is 30.2. The fraction of sp³-hybridized carbons (Fsp3) is 0.917. The van der Waals surface area contributed by atoms with Crippen LogP contribution >= 0.6 is 7.82 Å². The van der Waals surface area contributed by atoms with E-state index in [0.717, 1.165) is 44.9 Å². The highest BCUT2D eigenvalue weighted by atomic mass is 31.2. The highest BCUT2D eigenvalue weighted by Crippen LogP contribution is 2.43. The number of carbonyl (C=O) groups excluding carboxylic acids is 1. The van der Waals surface area contributed by atoms with Gasteiger partial charge in [0.2, 0.25) is 5.91 Å². The Morgan fingerprint density at radius 2 is 0.783 bits per heavy atom. The molecule has 3 atom stereocenters. The SMILES string of the molecule is CCCCCC/C=C/C(O)C(COP(=O)(O)OCC[N+](C)(C)C)NC(=O)CCCCCCCCCCCCCCCCCCCCCCCCCCCCCCC/C=C\CCCCCCCCCC. The molecule has 0 saturated heterocycles. The summed E-state index contributed by atoms with van der Waals surface area (Å²) in [5, 5.41) is 13.7. The van der Waals surface area contributed by atoms with Crippen molar-refractivity contribution in [3.8, 4) is 0 Å². The third-order valence-electron chi connectivity index (χ3n) is 13.9. The largest absolute Gasteiger partial charge is 0.472 e. The maximum atomic E-state index is 12.8. The van der Waals surface area contributed by atoms with Crippen molar-refractivity contribution >= 4 is 13.7 Å². The zero-order valence-electron chi connectivity index (χ0n) is 46.8. The molecule has 0 bridgehead atoms. The van der Waals surface area contributed by atoms with Crippen molar-refractivity contribution < 1.29 is 32.9 Å². The predicted molar refractivity (Wildman–Crippen MR) is 300 cm³/mol. The van der Waals surface area contributed by atoms with Gasteiger partial charge in [-0.2, -0.15) is 0 Å². The summed E-state index contributed by atoms with van der Waals surface area (Å²) in [7, 11) is 1.58. The highest BCUT2D eigenvalue weighted by molar-refractivity contribution is 7.47. The zero-order valence-corrected chi connectivity index (χ0v) is 47.7. The maximum absolute atomic E-state index is 12.8. The van der Waals surface area contributed by atoms with Crippen LogP contribution in [0.25, 0.3) is 0 Å². The smallest absolute Gasteiger partial charge is 0.387 e. The van der Waals surface area contributed by atoms with Gasteiger partial charge in [-0.05, 0) is 44.9 Å². The molecule has 3 unspecified atom stereocenters. The van der Waals surface area contributed by atoms with E-state index >= 15 is 0 Å². The number of unbranched alkanes of at least 4 members (excludes halogenated alkanes) is 41. The number of allylic oxidation sites excluding steroid dienone is 3. The highest BCUT2D eigenvalue weighted by Gasteiger charge is 2.27. The molecule has 0 heterocycles. The van der Waals surface area contributed by atoms with Gasteiger partial charge >= 0.3 is 7.82 Å². The summed E-state index contributed by atoms with van der Waals surface area (Å²) in [5.74, 6) is -0.177. The van der Waals surface area contributed by atoms with Crippen molar-refractivity contribution in [3.05, 3.63) is 24.3 Å². The number of rotatable bonds is 56. The van der Waals surface area contributed by atoms with Gasteiger partial charge in [0, 0.05) is 6.42 Å². The Morgan fingerprint density at radius 3 is 1.13 bits per heavy atom. The average molecular weight is 997 g/mol. The molecule has 0 radical (unpaired) electrons. The number of aliphatic hydroxyl groups is 1. The van der Waals surface area contributed by atoms with E-state index in [1.54, 1.807) is 6.08 Å². The Morgan fingerprint density at radius 1 is 0.478 bits per heavy atom. The Hall–Kier alpha value is -1.02. The van der Waals surface area contributed by atoms with Crippen molar-refractivity contribution in [2.75, 3.05) is 40.9 Å². The van der Waals surface area contributed by atoms with Crippen LogP contribution in [0.3, 0.4) is 0 Å². The molecule has 0 fully saturated rings. The molecule has 69 heavy (non-hydrogen) atoms. The second-order valence-electron chi connectivity index (χ2n) is 22.1. The van der Waals surface area contributed by atoms with E-state index in [4.69, 9.17) is 9.05 Å². The molecule has 0 saturated carbocycles. The zero-order chi connectivity index (χ0) is 50.6. The minimum atomic E-state index is -4.33.